The topological polar surface area (TPSA) is 56.8 Å². The molecule has 2 aromatic rings. The lowest BCUT2D eigenvalue weighted by atomic mass is 10.2. The molecule has 0 unspecified atom stereocenters. The van der Waals surface area contributed by atoms with Gasteiger partial charge in [0, 0.05) is 17.0 Å². The van der Waals surface area contributed by atoms with Crippen LogP contribution in [0.4, 0.5) is 0 Å². The molecule has 0 atom stereocenters. The third kappa shape index (κ3) is 5.79. The fourth-order valence-corrected chi connectivity index (χ4v) is 4.15. The van der Waals surface area contributed by atoms with Crippen LogP contribution in [0.2, 0.25) is 10.0 Å². The SMILES string of the molecule is COc1ccccc1OCCCOc1c(Cl)cc(Cl)cc1/C=C1/SC(=S)NC1=O. The van der Waals surface area contributed by atoms with Crippen molar-refractivity contribution in [3.8, 4) is 17.2 Å². The largest absolute Gasteiger partial charge is 0.493 e. The smallest absolute Gasteiger partial charge is 0.263 e. The lowest BCUT2D eigenvalue weighted by molar-refractivity contribution is -0.115. The predicted molar refractivity (Wildman–Crippen MR) is 121 cm³/mol. The second-order valence-electron chi connectivity index (χ2n) is 5.86. The average molecular weight is 470 g/mol. The molecule has 0 aromatic heterocycles. The van der Waals surface area contributed by atoms with E-state index in [0.717, 1.165) is 0 Å². The highest BCUT2D eigenvalue weighted by molar-refractivity contribution is 8.26. The van der Waals surface area contributed by atoms with Gasteiger partial charge in [-0.05, 0) is 30.3 Å². The highest BCUT2D eigenvalue weighted by Gasteiger charge is 2.23. The third-order valence-electron chi connectivity index (χ3n) is 3.83. The molecule has 1 aliphatic heterocycles. The highest BCUT2D eigenvalue weighted by Crippen LogP contribution is 2.36. The summed E-state index contributed by atoms with van der Waals surface area (Å²) in [6.45, 7) is 0.805. The number of amides is 1. The van der Waals surface area contributed by atoms with Crippen LogP contribution in [0, 0.1) is 0 Å². The predicted octanol–water partition coefficient (Wildman–Crippen LogP) is 5.34. The minimum absolute atomic E-state index is 0.257. The van der Waals surface area contributed by atoms with E-state index in [1.54, 1.807) is 25.3 Å². The molecule has 1 saturated heterocycles. The van der Waals surface area contributed by atoms with Crippen molar-refractivity contribution in [2.75, 3.05) is 20.3 Å². The Morgan fingerprint density at radius 3 is 2.55 bits per heavy atom. The Labute approximate surface area is 188 Å². The lowest BCUT2D eigenvalue weighted by Crippen LogP contribution is -2.17. The number of nitrogens with one attached hydrogen (secondary N) is 1. The van der Waals surface area contributed by atoms with Gasteiger partial charge < -0.3 is 19.5 Å². The van der Waals surface area contributed by atoms with E-state index in [0.29, 0.717) is 61.7 Å². The van der Waals surface area contributed by atoms with Gasteiger partial charge in [-0.15, -0.1) is 0 Å². The van der Waals surface area contributed by atoms with Gasteiger partial charge >= 0.3 is 0 Å². The zero-order valence-corrected chi connectivity index (χ0v) is 18.5. The molecular weight excluding hydrogens is 453 g/mol. The van der Waals surface area contributed by atoms with Crippen molar-refractivity contribution in [1.29, 1.82) is 0 Å². The molecule has 1 heterocycles. The molecule has 3 rings (SSSR count). The summed E-state index contributed by atoms with van der Waals surface area (Å²) in [5, 5.41) is 3.38. The van der Waals surface area contributed by atoms with Gasteiger partial charge in [0.1, 0.15) is 10.1 Å². The number of thioether (sulfide) groups is 1. The quantitative estimate of drug-likeness (QED) is 0.320. The number of carbonyl (C=O) groups is 1. The number of thiocarbonyl (C=S) groups is 1. The normalized spacial score (nSPS) is 14.8. The molecule has 1 N–H and O–H groups in total. The van der Waals surface area contributed by atoms with Gasteiger partial charge in [0.05, 0.1) is 30.3 Å². The number of para-hydroxylation sites is 2. The molecule has 1 amide bonds. The lowest BCUT2D eigenvalue weighted by Gasteiger charge is -2.13. The second-order valence-corrected chi connectivity index (χ2v) is 8.42. The first kappa shape index (κ1) is 21.8. The Kier molecular flexibility index (Phi) is 7.66. The Morgan fingerprint density at radius 1 is 1.14 bits per heavy atom. The van der Waals surface area contributed by atoms with Crippen molar-refractivity contribution in [3.63, 3.8) is 0 Å². The summed E-state index contributed by atoms with van der Waals surface area (Å²) in [7, 11) is 1.60. The maximum Gasteiger partial charge on any atom is 0.263 e. The van der Waals surface area contributed by atoms with Crippen molar-refractivity contribution >= 4 is 63.5 Å². The van der Waals surface area contributed by atoms with Gasteiger partial charge in [-0.1, -0.05) is 59.3 Å². The summed E-state index contributed by atoms with van der Waals surface area (Å²) in [6, 6.07) is 10.7. The molecule has 0 aliphatic carbocycles. The summed E-state index contributed by atoms with van der Waals surface area (Å²) >= 11 is 18.6. The van der Waals surface area contributed by atoms with E-state index >= 15 is 0 Å². The van der Waals surface area contributed by atoms with Crippen molar-refractivity contribution in [1.82, 2.24) is 5.32 Å². The number of ether oxygens (including phenoxy) is 3. The Morgan fingerprint density at radius 2 is 1.86 bits per heavy atom. The fourth-order valence-electron chi connectivity index (χ4n) is 2.56. The highest BCUT2D eigenvalue weighted by atomic mass is 35.5. The summed E-state index contributed by atoms with van der Waals surface area (Å²) in [5.74, 6) is 1.54. The van der Waals surface area contributed by atoms with Crippen LogP contribution in [-0.2, 0) is 4.79 Å². The molecule has 0 bridgehead atoms. The Bertz CT molecular complexity index is 965. The van der Waals surface area contributed by atoms with Crippen LogP contribution in [0.1, 0.15) is 12.0 Å². The van der Waals surface area contributed by atoms with Crippen LogP contribution in [0.15, 0.2) is 41.3 Å². The van der Waals surface area contributed by atoms with Gasteiger partial charge in [0.15, 0.2) is 11.5 Å². The number of hydrogen-bond donors (Lipinski definition) is 1. The maximum absolute atomic E-state index is 11.9. The second kappa shape index (κ2) is 10.2. The van der Waals surface area contributed by atoms with Crippen LogP contribution >= 0.6 is 47.2 Å². The number of rotatable bonds is 8. The molecule has 1 aliphatic rings. The number of benzene rings is 2. The van der Waals surface area contributed by atoms with Crippen molar-refractivity contribution in [2.45, 2.75) is 6.42 Å². The van der Waals surface area contributed by atoms with Crippen molar-refractivity contribution in [2.24, 2.45) is 0 Å². The van der Waals surface area contributed by atoms with Gasteiger partial charge in [-0.2, -0.15) is 0 Å². The van der Waals surface area contributed by atoms with E-state index in [1.165, 1.54) is 11.8 Å². The van der Waals surface area contributed by atoms with Crippen LogP contribution in [0.25, 0.3) is 6.08 Å². The number of halogens is 2. The summed E-state index contributed by atoms with van der Waals surface area (Å²) in [5.41, 5.74) is 0.607. The third-order valence-corrected chi connectivity index (χ3v) is 5.49. The zero-order valence-electron chi connectivity index (χ0n) is 15.4. The van der Waals surface area contributed by atoms with Crippen molar-refractivity contribution < 1.29 is 19.0 Å². The Hall–Kier alpha value is -1.93. The summed E-state index contributed by atoms with van der Waals surface area (Å²) < 4.78 is 17.3. The van der Waals surface area contributed by atoms with E-state index in [-0.39, 0.29) is 5.91 Å². The van der Waals surface area contributed by atoms with Crippen LogP contribution < -0.4 is 19.5 Å². The molecule has 9 heteroatoms. The monoisotopic (exact) mass is 469 g/mol. The van der Waals surface area contributed by atoms with E-state index in [2.05, 4.69) is 5.32 Å². The molecule has 0 radical (unpaired) electrons. The molecule has 152 valence electrons. The van der Waals surface area contributed by atoms with Crippen molar-refractivity contribution in [3.05, 3.63) is 56.9 Å². The van der Waals surface area contributed by atoms with Crippen LogP contribution in [-0.4, -0.2) is 30.6 Å². The molecular formula is C20H17Cl2NO4S2. The molecule has 1 fully saturated rings. The first-order valence-corrected chi connectivity index (χ1v) is 10.6. The first-order valence-electron chi connectivity index (χ1n) is 8.60. The van der Waals surface area contributed by atoms with Gasteiger partial charge in [-0.25, -0.2) is 0 Å². The maximum atomic E-state index is 11.9. The van der Waals surface area contributed by atoms with E-state index in [4.69, 9.17) is 49.6 Å². The van der Waals surface area contributed by atoms with Gasteiger partial charge in [0.2, 0.25) is 0 Å². The fraction of sp³-hybridized carbons (Fsp3) is 0.200. The molecule has 0 spiro atoms. The minimum Gasteiger partial charge on any atom is -0.493 e. The number of hydrogen-bond acceptors (Lipinski definition) is 6. The molecule has 5 nitrogen and oxygen atoms in total. The molecule has 29 heavy (non-hydrogen) atoms. The van der Waals surface area contributed by atoms with Gasteiger partial charge in [-0.3, -0.25) is 4.79 Å². The summed E-state index contributed by atoms with van der Waals surface area (Å²) in [6.07, 6.45) is 2.28. The Balaban J connectivity index is 1.64. The molecule has 2 aromatic carbocycles. The van der Waals surface area contributed by atoms with Crippen LogP contribution in [0.3, 0.4) is 0 Å². The minimum atomic E-state index is -0.257. The standard InChI is InChI=1S/C20H17Cl2NO4S2/c1-25-15-5-2-3-6-16(15)26-7-4-8-27-18-12(9-13(21)11-14(18)22)10-17-19(24)23-20(28)29-17/h2-3,5-6,9-11H,4,7-8H2,1H3,(H,23,24,28)/b17-10+. The molecule has 0 saturated carbocycles. The first-order chi connectivity index (χ1) is 14.0. The number of methoxy groups -OCH3 is 1. The van der Waals surface area contributed by atoms with Crippen LogP contribution in [0.5, 0.6) is 17.2 Å². The number of carbonyl (C=O) groups excluding carboxylic acids is 1. The zero-order chi connectivity index (χ0) is 20.8. The average Bonchev–Trinajstić information content (AvgIpc) is 3.00. The van der Waals surface area contributed by atoms with Gasteiger partial charge in [0.25, 0.3) is 5.91 Å². The van der Waals surface area contributed by atoms with E-state index in [1.807, 2.05) is 24.3 Å². The van der Waals surface area contributed by atoms with E-state index < -0.39 is 0 Å². The van der Waals surface area contributed by atoms with E-state index in [9.17, 15) is 4.79 Å². The summed E-state index contributed by atoms with van der Waals surface area (Å²) in [4.78, 5) is 12.4.